The number of benzene rings is 2. The Balaban J connectivity index is 2.17. The summed E-state index contributed by atoms with van der Waals surface area (Å²) in [4.78, 5) is 25.6. The summed E-state index contributed by atoms with van der Waals surface area (Å²) >= 11 is 0. The minimum absolute atomic E-state index is 0.160. The largest absolute Gasteiger partial charge is 0.495 e. The summed E-state index contributed by atoms with van der Waals surface area (Å²) in [6.07, 6.45) is 0. The molecule has 24 heavy (non-hydrogen) atoms. The molecule has 0 aliphatic heterocycles. The molecule has 0 bridgehead atoms. The van der Waals surface area contributed by atoms with E-state index in [-0.39, 0.29) is 18.4 Å². The van der Waals surface area contributed by atoms with E-state index in [1.165, 1.54) is 18.9 Å². The molecule has 2 rings (SSSR count). The van der Waals surface area contributed by atoms with Gasteiger partial charge in [0.25, 0.3) is 0 Å². The molecule has 2 aromatic carbocycles. The van der Waals surface area contributed by atoms with Crippen molar-refractivity contribution in [1.29, 1.82) is 5.26 Å². The standard InChI is InChI=1S/C18H17N3O3/c1-13(22)21(16-8-3-4-9-17(16)24-2)12-18(23)20-15-7-5-6-14(10-15)11-19/h3-10H,12H2,1-2H3,(H,20,23). The summed E-state index contributed by atoms with van der Waals surface area (Å²) in [5.41, 5.74) is 1.47. The van der Waals surface area contributed by atoms with E-state index in [0.29, 0.717) is 22.7 Å². The van der Waals surface area contributed by atoms with Crippen LogP contribution in [-0.2, 0) is 9.59 Å². The van der Waals surface area contributed by atoms with Gasteiger partial charge in [0.05, 0.1) is 24.4 Å². The van der Waals surface area contributed by atoms with E-state index in [1.807, 2.05) is 6.07 Å². The van der Waals surface area contributed by atoms with Crippen molar-refractivity contribution in [3.8, 4) is 11.8 Å². The lowest BCUT2D eigenvalue weighted by Crippen LogP contribution is -2.36. The third kappa shape index (κ3) is 4.11. The van der Waals surface area contributed by atoms with Crippen LogP contribution in [0.4, 0.5) is 11.4 Å². The zero-order chi connectivity index (χ0) is 17.5. The number of amides is 2. The van der Waals surface area contributed by atoms with Crippen molar-refractivity contribution in [1.82, 2.24) is 0 Å². The van der Waals surface area contributed by atoms with Crippen molar-refractivity contribution in [2.24, 2.45) is 0 Å². The maximum Gasteiger partial charge on any atom is 0.244 e. The molecule has 2 amide bonds. The maximum atomic E-state index is 12.3. The average molecular weight is 323 g/mol. The normalized spacial score (nSPS) is 9.71. The molecule has 0 heterocycles. The Morgan fingerprint density at radius 3 is 2.62 bits per heavy atom. The lowest BCUT2D eigenvalue weighted by atomic mass is 10.2. The molecule has 0 aliphatic rings. The summed E-state index contributed by atoms with van der Waals surface area (Å²) in [6, 6.07) is 15.6. The van der Waals surface area contributed by atoms with E-state index in [0.717, 1.165) is 0 Å². The van der Waals surface area contributed by atoms with E-state index in [4.69, 9.17) is 10.00 Å². The number of nitrogens with one attached hydrogen (secondary N) is 1. The lowest BCUT2D eigenvalue weighted by Gasteiger charge is -2.22. The average Bonchev–Trinajstić information content (AvgIpc) is 2.59. The number of hydrogen-bond donors (Lipinski definition) is 1. The Kier molecular flexibility index (Phi) is 5.53. The SMILES string of the molecule is COc1ccccc1N(CC(=O)Nc1cccc(C#N)c1)C(C)=O. The van der Waals surface area contributed by atoms with Gasteiger partial charge in [-0.1, -0.05) is 18.2 Å². The van der Waals surface area contributed by atoms with Crippen LogP contribution in [0.25, 0.3) is 0 Å². The van der Waals surface area contributed by atoms with Crippen LogP contribution < -0.4 is 15.0 Å². The van der Waals surface area contributed by atoms with E-state index in [1.54, 1.807) is 48.5 Å². The van der Waals surface area contributed by atoms with Gasteiger partial charge in [0.2, 0.25) is 11.8 Å². The Labute approximate surface area is 140 Å². The molecular formula is C18H17N3O3. The fourth-order valence-electron chi connectivity index (χ4n) is 2.23. The van der Waals surface area contributed by atoms with Gasteiger partial charge in [0.1, 0.15) is 12.3 Å². The van der Waals surface area contributed by atoms with Crippen molar-refractivity contribution in [2.45, 2.75) is 6.92 Å². The molecule has 6 nitrogen and oxygen atoms in total. The first-order valence-corrected chi connectivity index (χ1v) is 7.26. The van der Waals surface area contributed by atoms with Crippen molar-refractivity contribution in [3.63, 3.8) is 0 Å². The topological polar surface area (TPSA) is 82.4 Å². The summed E-state index contributed by atoms with van der Waals surface area (Å²) in [5, 5.41) is 11.6. The van der Waals surface area contributed by atoms with E-state index < -0.39 is 0 Å². The predicted octanol–water partition coefficient (Wildman–Crippen LogP) is 2.56. The van der Waals surface area contributed by atoms with E-state index in [2.05, 4.69) is 5.32 Å². The number of carbonyl (C=O) groups is 2. The molecule has 122 valence electrons. The third-order valence-electron chi connectivity index (χ3n) is 3.33. The molecule has 0 unspecified atom stereocenters. The number of anilines is 2. The van der Waals surface area contributed by atoms with Gasteiger partial charge in [-0.05, 0) is 30.3 Å². The molecule has 0 spiro atoms. The number of nitriles is 1. The number of rotatable bonds is 5. The van der Waals surface area contributed by atoms with Gasteiger partial charge in [-0.25, -0.2) is 0 Å². The molecule has 2 aromatic rings. The number of nitrogens with zero attached hydrogens (tertiary/aromatic N) is 2. The number of para-hydroxylation sites is 2. The summed E-state index contributed by atoms with van der Waals surface area (Å²) in [6.45, 7) is 1.22. The number of methoxy groups -OCH3 is 1. The first-order chi connectivity index (χ1) is 11.5. The minimum atomic E-state index is -0.369. The van der Waals surface area contributed by atoms with Crippen LogP contribution in [0.2, 0.25) is 0 Å². The first kappa shape index (κ1) is 17.0. The predicted molar refractivity (Wildman–Crippen MR) is 90.8 cm³/mol. The fraction of sp³-hybridized carbons (Fsp3) is 0.167. The first-order valence-electron chi connectivity index (χ1n) is 7.26. The molecule has 1 N–H and O–H groups in total. The molecule has 6 heteroatoms. The second-order valence-electron chi connectivity index (χ2n) is 5.02. The Bertz CT molecular complexity index is 796. The van der Waals surface area contributed by atoms with E-state index >= 15 is 0 Å². The molecule has 0 aliphatic carbocycles. The second-order valence-corrected chi connectivity index (χ2v) is 5.02. The minimum Gasteiger partial charge on any atom is -0.495 e. The van der Waals surface area contributed by atoms with Crippen molar-refractivity contribution >= 4 is 23.2 Å². The molecule has 0 aromatic heterocycles. The maximum absolute atomic E-state index is 12.3. The summed E-state index contributed by atoms with van der Waals surface area (Å²) in [5.74, 6) is -0.140. The highest BCUT2D eigenvalue weighted by molar-refractivity contribution is 6.02. The van der Waals surface area contributed by atoms with Crippen LogP contribution >= 0.6 is 0 Å². The number of hydrogen-bond acceptors (Lipinski definition) is 4. The number of ether oxygens (including phenoxy) is 1. The van der Waals surface area contributed by atoms with Crippen LogP contribution in [0.15, 0.2) is 48.5 Å². The van der Waals surface area contributed by atoms with E-state index in [9.17, 15) is 9.59 Å². The van der Waals surface area contributed by atoms with Crippen LogP contribution in [0.5, 0.6) is 5.75 Å². The smallest absolute Gasteiger partial charge is 0.244 e. The van der Waals surface area contributed by atoms with Crippen molar-refractivity contribution < 1.29 is 14.3 Å². The monoisotopic (exact) mass is 323 g/mol. The molecule has 0 atom stereocenters. The lowest BCUT2D eigenvalue weighted by molar-refractivity contribution is -0.120. The summed E-state index contributed by atoms with van der Waals surface area (Å²) < 4.78 is 5.24. The van der Waals surface area contributed by atoms with Gasteiger partial charge >= 0.3 is 0 Å². The molecular weight excluding hydrogens is 306 g/mol. The van der Waals surface area contributed by atoms with Gasteiger partial charge in [0.15, 0.2) is 0 Å². The van der Waals surface area contributed by atoms with Crippen molar-refractivity contribution in [2.75, 3.05) is 23.9 Å². The second kappa shape index (κ2) is 7.79. The van der Waals surface area contributed by atoms with Gasteiger partial charge in [-0.2, -0.15) is 5.26 Å². The molecule has 0 saturated carbocycles. The molecule has 0 radical (unpaired) electrons. The Hall–Kier alpha value is -3.33. The fourth-order valence-corrected chi connectivity index (χ4v) is 2.23. The Morgan fingerprint density at radius 1 is 1.21 bits per heavy atom. The van der Waals surface area contributed by atoms with Gasteiger partial charge in [0, 0.05) is 12.6 Å². The summed E-state index contributed by atoms with van der Waals surface area (Å²) in [7, 11) is 1.50. The van der Waals surface area contributed by atoms with Gasteiger partial charge < -0.3 is 10.1 Å². The van der Waals surface area contributed by atoms with Gasteiger partial charge in [-0.15, -0.1) is 0 Å². The van der Waals surface area contributed by atoms with Crippen LogP contribution in [0.3, 0.4) is 0 Å². The zero-order valence-corrected chi connectivity index (χ0v) is 13.4. The highest BCUT2D eigenvalue weighted by Gasteiger charge is 2.19. The van der Waals surface area contributed by atoms with Gasteiger partial charge in [-0.3, -0.25) is 14.5 Å². The zero-order valence-electron chi connectivity index (χ0n) is 13.4. The molecule has 0 fully saturated rings. The van der Waals surface area contributed by atoms with Crippen LogP contribution in [0, 0.1) is 11.3 Å². The number of carbonyl (C=O) groups excluding carboxylic acids is 2. The quantitative estimate of drug-likeness (QED) is 0.916. The third-order valence-corrected chi connectivity index (χ3v) is 3.33. The van der Waals surface area contributed by atoms with Crippen LogP contribution in [-0.4, -0.2) is 25.5 Å². The Morgan fingerprint density at radius 2 is 1.96 bits per heavy atom. The highest BCUT2D eigenvalue weighted by atomic mass is 16.5. The van der Waals surface area contributed by atoms with Crippen molar-refractivity contribution in [3.05, 3.63) is 54.1 Å². The van der Waals surface area contributed by atoms with Crippen LogP contribution in [0.1, 0.15) is 12.5 Å². The molecule has 0 saturated heterocycles. The highest BCUT2D eigenvalue weighted by Crippen LogP contribution is 2.27.